The number of nitrogens with zero attached hydrogens (tertiary/aromatic N) is 1. The Kier molecular flexibility index (Phi) is 4.79. The minimum Gasteiger partial charge on any atom is -0.492 e. The van der Waals surface area contributed by atoms with E-state index in [9.17, 15) is 14.9 Å². The highest BCUT2D eigenvalue weighted by Gasteiger charge is 2.26. The van der Waals surface area contributed by atoms with Crippen molar-refractivity contribution in [2.45, 2.75) is 33.3 Å². The first-order valence-electron chi connectivity index (χ1n) is 8.42. The molecule has 7 heteroatoms. The monoisotopic (exact) mass is 356 g/mol. The van der Waals surface area contributed by atoms with E-state index in [0.29, 0.717) is 29.4 Å². The van der Waals surface area contributed by atoms with Crippen molar-refractivity contribution < 1.29 is 19.2 Å². The fourth-order valence-electron chi connectivity index (χ4n) is 3.09. The van der Waals surface area contributed by atoms with Gasteiger partial charge in [-0.3, -0.25) is 14.9 Å². The number of nitro benzene ring substituents is 1. The van der Waals surface area contributed by atoms with Crippen LogP contribution in [0.5, 0.6) is 11.5 Å². The Morgan fingerprint density at radius 3 is 2.88 bits per heavy atom. The SMILES string of the molecule is CCOc1cc2c(cc1NC(=O)c1cccc(C)c1[N+](=O)[O-])OC(C)C2. The van der Waals surface area contributed by atoms with Gasteiger partial charge in [0.25, 0.3) is 11.6 Å². The van der Waals surface area contributed by atoms with E-state index >= 15 is 0 Å². The van der Waals surface area contributed by atoms with Gasteiger partial charge in [0.1, 0.15) is 23.2 Å². The van der Waals surface area contributed by atoms with Gasteiger partial charge in [-0.1, -0.05) is 12.1 Å². The van der Waals surface area contributed by atoms with E-state index in [1.54, 1.807) is 25.1 Å². The summed E-state index contributed by atoms with van der Waals surface area (Å²) in [5.74, 6) is 0.648. The number of para-hydroxylation sites is 1. The number of ether oxygens (including phenoxy) is 2. The summed E-state index contributed by atoms with van der Waals surface area (Å²) in [5.41, 5.74) is 1.68. The molecule has 2 aromatic rings. The lowest BCUT2D eigenvalue weighted by Crippen LogP contribution is -2.15. The first-order valence-corrected chi connectivity index (χ1v) is 8.42. The second kappa shape index (κ2) is 7.03. The summed E-state index contributed by atoms with van der Waals surface area (Å²) in [6.07, 6.45) is 0.829. The van der Waals surface area contributed by atoms with E-state index in [-0.39, 0.29) is 17.4 Å². The number of aryl methyl sites for hydroxylation is 1. The number of fused-ring (bicyclic) bond motifs is 1. The van der Waals surface area contributed by atoms with E-state index in [0.717, 1.165) is 12.0 Å². The van der Waals surface area contributed by atoms with Crippen molar-refractivity contribution in [2.24, 2.45) is 0 Å². The first kappa shape index (κ1) is 17.7. The number of carbonyl (C=O) groups excluding carboxylic acids is 1. The Labute approximate surface area is 151 Å². The molecule has 2 aromatic carbocycles. The zero-order chi connectivity index (χ0) is 18.8. The Morgan fingerprint density at radius 1 is 1.42 bits per heavy atom. The molecule has 0 spiro atoms. The summed E-state index contributed by atoms with van der Waals surface area (Å²) >= 11 is 0. The number of carbonyl (C=O) groups is 1. The first-order chi connectivity index (χ1) is 12.4. The van der Waals surface area contributed by atoms with Crippen LogP contribution in [0.1, 0.15) is 35.3 Å². The third-order valence-electron chi connectivity index (χ3n) is 4.21. The Hall–Kier alpha value is -3.09. The average Bonchev–Trinajstić information content (AvgIpc) is 2.93. The molecule has 0 radical (unpaired) electrons. The van der Waals surface area contributed by atoms with Crippen molar-refractivity contribution in [3.8, 4) is 11.5 Å². The molecule has 7 nitrogen and oxygen atoms in total. The van der Waals surface area contributed by atoms with E-state index < -0.39 is 10.8 Å². The second-order valence-corrected chi connectivity index (χ2v) is 6.20. The number of rotatable bonds is 5. The smallest absolute Gasteiger partial charge is 0.285 e. The molecule has 1 unspecified atom stereocenters. The van der Waals surface area contributed by atoms with Crippen LogP contribution in [-0.4, -0.2) is 23.5 Å². The van der Waals surface area contributed by atoms with Crippen LogP contribution in [0, 0.1) is 17.0 Å². The van der Waals surface area contributed by atoms with Crippen LogP contribution in [0.4, 0.5) is 11.4 Å². The topological polar surface area (TPSA) is 90.7 Å². The predicted octanol–water partition coefficient (Wildman–Crippen LogP) is 3.88. The molecule has 0 aromatic heterocycles. The standard InChI is InChI=1S/C19H20N2O5/c1-4-25-17-9-13-8-12(3)26-16(13)10-15(17)20-19(22)14-7-5-6-11(2)18(14)21(23)24/h5-7,9-10,12H,4,8H2,1-3H3,(H,20,22). The van der Waals surface area contributed by atoms with Crippen molar-refractivity contribution in [1.29, 1.82) is 0 Å². The van der Waals surface area contributed by atoms with Crippen molar-refractivity contribution in [3.63, 3.8) is 0 Å². The zero-order valence-corrected chi connectivity index (χ0v) is 14.9. The summed E-state index contributed by atoms with van der Waals surface area (Å²) in [5, 5.41) is 14.1. The van der Waals surface area contributed by atoms with Gasteiger partial charge in [-0.05, 0) is 32.9 Å². The van der Waals surface area contributed by atoms with Crippen LogP contribution in [0.25, 0.3) is 0 Å². The van der Waals surface area contributed by atoms with Gasteiger partial charge in [-0.2, -0.15) is 0 Å². The number of hydrogen-bond acceptors (Lipinski definition) is 5. The molecular weight excluding hydrogens is 336 g/mol. The molecule has 3 rings (SSSR count). The minimum absolute atomic E-state index is 0.00670. The van der Waals surface area contributed by atoms with Crippen molar-refractivity contribution in [1.82, 2.24) is 0 Å². The maximum atomic E-state index is 12.7. The lowest BCUT2D eigenvalue weighted by Gasteiger charge is -2.14. The number of hydrogen-bond donors (Lipinski definition) is 1. The Balaban J connectivity index is 1.97. The fraction of sp³-hybridized carbons (Fsp3) is 0.316. The van der Waals surface area contributed by atoms with Crippen LogP contribution in [0.15, 0.2) is 30.3 Å². The zero-order valence-electron chi connectivity index (χ0n) is 14.9. The van der Waals surface area contributed by atoms with Gasteiger partial charge in [0.15, 0.2) is 0 Å². The van der Waals surface area contributed by atoms with Crippen LogP contribution in [0.3, 0.4) is 0 Å². The van der Waals surface area contributed by atoms with Gasteiger partial charge in [-0.25, -0.2) is 0 Å². The van der Waals surface area contributed by atoms with E-state index in [1.807, 2.05) is 19.9 Å². The summed E-state index contributed by atoms with van der Waals surface area (Å²) < 4.78 is 11.4. The molecule has 0 saturated heterocycles. The molecule has 1 aliphatic heterocycles. The average molecular weight is 356 g/mol. The van der Waals surface area contributed by atoms with Crippen LogP contribution in [0.2, 0.25) is 0 Å². The highest BCUT2D eigenvalue weighted by Crippen LogP contribution is 2.38. The molecule has 0 fully saturated rings. The molecule has 1 N–H and O–H groups in total. The summed E-state index contributed by atoms with van der Waals surface area (Å²) in [7, 11) is 0. The van der Waals surface area contributed by atoms with Crippen molar-refractivity contribution in [2.75, 3.05) is 11.9 Å². The minimum atomic E-state index is -0.563. The van der Waals surface area contributed by atoms with Gasteiger partial charge in [0, 0.05) is 23.6 Å². The van der Waals surface area contributed by atoms with E-state index in [1.165, 1.54) is 6.07 Å². The molecule has 26 heavy (non-hydrogen) atoms. The van der Waals surface area contributed by atoms with Crippen molar-refractivity contribution in [3.05, 3.63) is 57.1 Å². The van der Waals surface area contributed by atoms with Gasteiger partial charge < -0.3 is 14.8 Å². The number of nitro groups is 1. The molecule has 1 aliphatic rings. The summed E-state index contributed by atoms with van der Waals surface area (Å²) in [6, 6.07) is 8.22. The molecular formula is C19H20N2O5. The molecule has 1 atom stereocenters. The molecule has 136 valence electrons. The second-order valence-electron chi connectivity index (χ2n) is 6.20. The number of amides is 1. The third kappa shape index (κ3) is 3.33. The summed E-state index contributed by atoms with van der Waals surface area (Å²) in [6.45, 7) is 5.85. The molecule has 0 aliphatic carbocycles. The van der Waals surface area contributed by atoms with Gasteiger partial charge in [0.05, 0.1) is 17.2 Å². The van der Waals surface area contributed by atoms with E-state index in [2.05, 4.69) is 5.32 Å². The van der Waals surface area contributed by atoms with Crippen LogP contribution >= 0.6 is 0 Å². The Morgan fingerprint density at radius 2 is 2.19 bits per heavy atom. The van der Waals surface area contributed by atoms with Crippen LogP contribution in [-0.2, 0) is 6.42 Å². The van der Waals surface area contributed by atoms with Crippen molar-refractivity contribution >= 4 is 17.3 Å². The molecule has 1 amide bonds. The molecule has 0 bridgehead atoms. The number of nitrogens with one attached hydrogen (secondary N) is 1. The van der Waals surface area contributed by atoms with Gasteiger partial charge in [0.2, 0.25) is 0 Å². The lowest BCUT2D eigenvalue weighted by molar-refractivity contribution is -0.385. The fourth-order valence-corrected chi connectivity index (χ4v) is 3.09. The molecule has 1 heterocycles. The van der Waals surface area contributed by atoms with Crippen LogP contribution < -0.4 is 14.8 Å². The number of benzene rings is 2. The largest absolute Gasteiger partial charge is 0.492 e. The quantitative estimate of drug-likeness (QED) is 0.648. The van der Waals surface area contributed by atoms with Gasteiger partial charge in [-0.15, -0.1) is 0 Å². The predicted molar refractivity (Wildman–Crippen MR) is 97.2 cm³/mol. The maximum absolute atomic E-state index is 12.7. The number of anilines is 1. The maximum Gasteiger partial charge on any atom is 0.285 e. The third-order valence-corrected chi connectivity index (χ3v) is 4.21. The van der Waals surface area contributed by atoms with Gasteiger partial charge >= 0.3 is 0 Å². The highest BCUT2D eigenvalue weighted by atomic mass is 16.6. The Bertz CT molecular complexity index is 878. The van der Waals surface area contributed by atoms with E-state index in [4.69, 9.17) is 9.47 Å². The normalized spacial score (nSPS) is 15.1. The summed E-state index contributed by atoms with van der Waals surface area (Å²) in [4.78, 5) is 23.5. The highest BCUT2D eigenvalue weighted by molar-refractivity contribution is 6.08. The molecule has 0 saturated carbocycles. The lowest BCUT2D eigenvalue weighted by atomic mass is 10.1.